The van der Waals surface area contributed by atoms with E-state index in [4.69, 9.17) is 0 Å². The van der Waals surface area contributed by atoms with Crippen molar-refractivity contribution in [2.75, 3.05) is 15.7 Å². The molecule has 1 aliphatic heterocycles. The van der Waals surface area contributed by atoms with Gasteiger partial charge in [0.25, 0.3) is 10.0 Å². The fourth-order valence-electron chi connectivity index (χ4n) is 2.81. The number of anilines is 2. The highest BCUT2D eigenvalue weighted by Gasteiger charge is 2.31. The van der Waals surface area contributed by atoms with E-state index in [1.165, 1.54) is 34.6 Å². The van der Waals surface area contributed by atoms with E-state index in [9.17, 15) is 18.0 Å². The fourth-order valence-corrected chi connectivity index (χ4v) is 4.25. The van der Waals surface area contributed by atoms with Crippen LogP contribution in [0.3, 0.4) is 0 Å². The number of imide groups is 1. The Morgan fingerprint density at radius 2 is 1.54 bits per heavy atom. The molecule has 2 aromatic rings. The Labute approximate surface area is 152 Å². The number of rotatable bonds is 6. The standard InChI is InChI=1S/C19H18N2O4S/c1-2-14-20(15-6-4-3-5-7-15)26(24,25)17-10-8-16(9-11-17)21-18(22)12-13-19(21)23/h2-11H,1,12-14H2. The normalized spacial score (nSPS) is 14.5. The lowest BCUT2D eigenvalue weighted by Crippen LogP contribution is -2.31. The number of carbonyl (C=O) groups is 2. The van der Waals surface area contributed by atoms with E-state index < -0.39 is 10.0 Å². The Hall–Kier alpha value is -2.93. The number of hydrogen-bond acceptors (Lipinski definition) is 4. The van der Waals surface area contributed by atoms with Crippen molar-refractivity contribution in [1.29, 1.82) is 0 Å². The average Bonchev–Trinajstić information content (AvgIpc) is 2.99. The summed E-state index contributed by atoms with van der Waals surface area (Å²) < 4.78 is 27.3. The molecule has 0 N–H and O–H groups in total. The number of amides is 2. The summed E-state index contributed by atoms with van der Waals surface area (Å²) in [6, 6.07) is 14.5. The number of hydrogen-bond donors (Lipinski definition) is 0. The lowest BCUT2D eigenvalue weighted by Gasteiger charge is -2.23. The second kappa shape index (κ2) is 7.13. The molecule has 0 atom stereocenters. The summed E-state index contributed by atoms with van der Waals surface area (Å²) in [4.78, 5) is 24.8. The SMILES string of the molecule is C=CCN(c1ccccc1)S(=O)(=O)c1ccc(N2C(=O)CCC2=O)cc1. The predicted molar refractivity (Wildman–Crippen MR) is 99.3 cm³/mol. The van der Waals surface area contributed by atoms with Crippen LogP contribution < -0.4 is 9.21 Å². The van der Waals surface area contributed by atoms with Gasteiger partial charge in [-0.25, -0.2) is 8.42 Å². The van der Waals surface area contributed by atoms with Crippen LogP contribution in [0.1, 0.15) is 12.8 Å². The third-order valence-electron chi connectivity index (χ3n) is 4.07. The van der Waals surface area contributed by atoms with E-state index in [0.717, 1.165) is 4.90 Å². The van der Waals surface area contributed by atoms with Crippen LogP contribution in [0.5, 0.6) is 0 Å². The van der Waals surface area contributed by atoms with Crippen LogP contribution in [0.25, 0.3) is 0 Å². The van der Waals surface area contributed by atoms with Crippen LogP contribution in [0, 0.1) is 0 Å². The molecule has 0 unspecified atom stereocenters. The Morgan fingerprint density at radius 3 is 2.08 bits per heavy atom. The Bertz CT molecular complexity index is 921. The molecule has 2 amide bonds. The maximum Gasteiger partial charge on any atom is 0.264 e. The molecule has 0 aliphatic carbocycles. The second-order valence-corrected chi connectivity index (χ2v) is 7.64. The molecule has 2 aromatic carbocycles. The Kier molecular flexibility index (Phi) is 4.90. The smallest absolute Gasteiger partial charge is 0.264 e. The van der Waals surface area contributed by atoms with Crippen molar-refractivity contribution in [3.63, 3.8) is 0 Å². The molecule has 0 saturated carbocycles. The predicted octanol–water partition coefficient (Wildman–Crippen LogP) is 2.72. The van der Waals surface area contributed by atoms with Crippen molar-refractivity contribution in [2.24, 2.45) is 0 Å². The number of benzene rings is 2. The maximum absolute atomic E-state index is 13.0. The molecular weight excluding hydrogens is 352 g/mol. The minimum Gasteiger partial charge on any atom is -0.274 e. The van der Waals surface area contributed by atoms with Crippen molar-refractivity contribution in [2.45, 2.75) is 17.7 Å². The van der Waals surface area contributed by atoms with E-state index in [1.807, 2.05) is 0 Å². The topological polar surface area (TPSA) is 74.8 Å². The summed E-state index contributed by atoms with van der Waals surface area (Å²) >= 11 is 0. The zero-order chi connectivity index (χ0) is 18.7. The molecule has 0 spiro atoms. The molecule has 6 nitrogen and oxygen atoms in total. The van der Waals surface area contributed by atoms with E-state index >= 15 is 0 Å². The van der Waals surface area contributed by atoms with Gasteiger partial charge in [-0.2, -0.15) is 0 Å². The third-order valence-corrected chi connectivity index (χ3v) is 5.88. The van der Waals surface area contributed by atoms with E-state index in [0.29, 0.717) is 11.4 Å². The second-order valence-electron chi connectivity index (χ2n) is 5.78. The van der Waals surface area contributed by atoms with Gasteiger partial charge in [0.05, 0.1) is 22.8 Å². The molecule has 0 bridgehead atoms. The van der Waals surface area contributed by atoms with Gasteiger partial charge in [0, 0.05) is 12.8 Å². The summed E-state index contributed by atoms with van der Waals surface area (Å²) in [6.07, 6.45) is 1.88. The number of sulfonamides is 1. The van der Waals surface area contributed by atoms with Gasteiger partial charge < -0.3 is 0 Å². The highest BCUT2D eigenvalue weighted by molar-refractivity contribution is 7.92. The average molecular weight is 370 g/mol. The summed E-state index contributed by atoms with van der Waals surface area (Å²) in [5.41, 5.74) is 0.910. The van der Waals surface area contributed by atoms with Gasteiger partial charge in [-0.15, -0.1) is 6.58 Å². The molecule has 7 heteroatoms. The van der Waals surface area contributed by atoms with Crippen LogP contribution in [-0.4, -0.2) is 26.8 Å². The molecule has 1 aliphatic rings. The first-order chi connectivity index (χ1) is 12.4. The highest BCUT2D eigenvalue weighted by Crippen LogP contribution is 2.27. The van der Waals surface area contributed by atoms with Crippen LogP contribution in [0.4, 0.5) is 11.4 Å². The van der Waals surface area contributed by atoms with Gasteiger partial charge in [0.1, 0.15) is 0 Å². The van der Waals surface area contributed by atoms with E-state index in [2.05, 4.69) is 6.58 Å². The molecule has 0 radical (unpaired) electrons. The number of carbonyl (C=O) groups excluding carboxylic acids is 2. The number of para-hydroxylation sites is 1. The zero-order valence-corrected chi connectivity index (χ0v) is 14.9. The molecule has 26 heavy (non-hydrogen) atoms. The third kappa shape index (κ3) is 3.25. The molecular formula is C19H18N2O4S. The molecule has 3 rings (SSSR count). The summed E-state index contributed by atoms with van der Waals surface area (Å²) in [5, 5.41) is 0. The zero-order valence-electron chi connectivity index (χ0n) is 14.0. The molecule has 0 aromatic heterocycles. The monoisotopic (exact) mass is 370 g/mol. The van der Waals surface area contributed by atoms with Crippen LogP contribution in [0.2, 0.25) is 0 Å². The van der Waals surface area contributed by atoms with E-state index in [1.54, 1.807) is 30.3 Å². The number of nitrogens with zero attached hydrogens (tertiary/aromatic N) is 2. The fraction of sp³-hybridized carbons (Fsp3) is 0.158. The van der Waals surface area contributed by atoms with E-state index in [-0.39, 0.29) is 36.1 Å². The summed E-state index contributed by atoms with van der Waals surface area (Å²) in [5.74, 6) is -0.550. The molecule has 134 valence electrons. The lowest BCUT2D eigenvalue weighted by molar-refractivity contribution is -0.121. The van der Waals surface area contributed by atoms with Crippen molar-refractivity contribution in [3.8, 4) is 0 Å². The quantitative estimate of drug-likeness (QED) is 0.579. The Balaban J connectivity index is 1.95. The van der Waals surface area contributed by atoms with Crippen molar-refractivity contribution in [1.82, 2.24) is 0 Å². The first-order valence-electron chi connectivity index (χ1n) is 8.09. The largest absolute Gasteiger partial charge is 0.274 e. The van der Waals surface area contributed by atoms with Gasteiger partial charge in [-0.3, -0.25) is 18.8 Å². The van der Waals surface area contributed by atoms with Gasteiger partial charge in [-0.05, 0) is 36.4 Å². The van der Waals surface area contributed by atoms with Crippen molar-refractivity contribution >= 4 is 33.2 Å². The van der Waals surface area contributed by atoms with Crippen molar-refractivity contribution in [3.05, 3.63) is 67.3 Å². The molecule has 1 heterocycles. The summed E-state index contributed by atoms with van der Waals surface area (Å²) in [7, 11) is -3.81. The van der Waals surface area contributed by atoms with Crippen LogP contribution in [0.15, 0.2) is 72.1 Å². The lowest BCUT2D eigenvalue weighted by atomic mass is 10.3. The van der Waals surface area contributed by atoms with Crippen LogP contribution in [-0.2, 0) is 19.6 Å². The van der Waals surface area contributed by atoms with Gasteiger partial charge in [0.2, 0.25) is 11.8 Å². The first-order valence-corrected chi connectivity index (χ1v) is 9.53. The maximum atomic E-state index is 13.0. The minimum absolute atomic E-state index is 0.0750. The van der Waals surface area contributed by atoms with Crippen LogP contribution >= 0.6 is 0 Å². The van der Waals surface area contributed by atoms with Gasteiger partial charge in [0.15, 0.2) is 0 Å². The minimum atomic E-state index is -3.81. The molecule has 1 saturated heterocycles. The van der Waals surface area contributed by atoms with Gasteiger partial charge in [-0.1, -0.05) is 24.3 Å². The molecule has 1 fully saturated rings. The highest BCUT2D eigenvalue weighted by atomic mass is 32.2. The van der Waals surface area contributed by atoms with Crippen molar-refractivity contribution < 1.29 is 18.0 Å². The Morgan fingerprint density at radius 1 is 0.962 bits per heavy atom. The first kappa shape index (κ1) is 17.9. The summed E-state index contributed by atoms with van der Waals surface area (Å²) in [6.45, 7) is 3.75. The van der Waals surface area contributed by atoms with Gasteiger partial charge >= 0.3 is 0 Å².